The van der Waals surface area contributed by atoms with E-state index in [0.29, 0.717) is 6.61 Å². The fourth-order valence-electron chi connectivity index (χ4n) is 0.693. The zero-order chi connectivity index (χ0) is 10.1. The van der Waals surface area contributed by atoms with Crippen LogP contribution < -0.4 is 0 Å². The number of carbonyl (C=O) groups is 1. The molecule has 4 heteroatoms. The van der Waals surface area contributed by atoms with Crippen molar-refractivity contribution in [1.29, 1.82) is 5.26 Å². The fraction of sp³-hybridized carbons (Fsp3) is 0.778. The number of rotatable bonds is 6. The van der Waals surface area contributed by atoms with Crippen molar-refractivity contribution < 1.29 is 14.3 Å². The lowest BCUT2D eigenvalue weighted by Gasteiger charge is -2.11. The lowest BCUT2D eigenvalue weighted by Crippen LogP contribution is -2.19. The number of ether oxygens (including phenoxy) is 2. The van der Waals surface area contributed by atoms with Gasteiger partial charge in [0, 0.05) is 6.61 Å². The van der Waals surface area contributed by atoms with Gasteiger partial charge >= 0.3 is 5.97 Å². The molecule has 13 heavy (non-hydrogen) atoms. The zero-order valence-corrected chi connectivity index (χ0v) is 8.08. The molecule has 4 nitrogen and oxygen atoms in total. The Hall–Kier alpha value is -1.08. The van der Waals surface area contributed by atoms with E-state index in [0.717, 1.165) is 6.42 Å². The van der Waals surface area contributed by atoms with Gasteiger partial charge in [-0.3, -0.25) is 4.79 Å². The molecule has 0 aliphatic heterocycles. The monoisotopic (exact) mass is 185 g/mol. The average molecular weight is 185 g/mol. The van der Waals surface area contributed by atoms with Crippen molar-refractivity contribution in [2.75, 3.05) is 13.2 Å². The molecule has 0 amide bonds. The molecule has 1 atom stereocenters. The first-order chi connectivity index (χ1) is 6.20. The van der Waals surface area contributed by atoms with Gasteiger partial charge in [0.05, 0.1) is 12.2 Å². The number of hydrogen-bond donors (Lipinski definition) is 0. The number of carbonyl (C=O) groups excluding carboxylic acids is 1. The highest BCUT2D eigenvalue weighted by Crippen LogP contribution is 1.95. The van der Waals surface area contributed by atoms with Crippen molar-refractivity contribution in [3.63, 3.8) is 0 Å². The third-order valence-corrected chi connectivity index (χ3v) is 1.31. The molecule has 0 heterocycles. The van der Waals surface area contributed by atoms with E-state index in [1.54, 1.807) is 6.07 Å². The summed E-state index contributed by atoms with van der Waals surface area (Å²) in [6.45, 7) is 4.72. The first-order valence-electron chi connectivity index (χ1n) is 4.34. The number of hydrogen-bond acceptors (Lipinski definition) is 4. The van der Waals surface area contributed by atoms with E-state index in [1.807, 2.05) is 13.8 Å². The first-order valence-corrected chi connectivity index (χ1v) is 4.34. The van der Waals surface area contributed by atoms with Gasteiger partial charge in [-0.1, -0.05) is 6.92 Å². The van der Waals surface area contributed by atoms with Gasteiger partial charge < -0.3 is 9.47 Å². The third kappa shape index (κ3) is 7.29. The Morgan fingerprint density at radius 1 is 1.62 bits per heavy atom. The summed E-state index contributed by atoms with van der Waals surface area (Å²) >= 11 is 0. The van der Waals surface area contributed by atoms with Gasteiger partial charge in [-0.25, -0.2) is 0 Å². The highest BCUT2D eigenvalue weighted by molar-refractivity contribution is 5.71. The largest absolute Gasteiger partial charge is 0.462 e. The van der Waals surface area contributed by atoms with Crippen LogP contribution in [-0.4, -0.2) is 25.3 Å². The van der Waals surface area contributed by atoms with Crippen LogP contribution in [-0.2, 0) is 14.3 Å². The SMILES string of the molecule is CCCOC(C)COC(=O)CC#N. The van der Waals surface area contributed by atoms with Gasteiger partial charge in [0.1, 0.15) is 13.0 Å². The van der Waals surface area contributed by atoms with Gasteiger partial charge in [0.25, 0.3) is 0 Å². The van der Waals surface area contributed by atoms with Crippen molar-refractivity contribution >= 4 is 5.97 Å². The predicted octanol–water partition coefficient (Wildman–Crippen LogP) is 1.26. The van der Waals surface area contributed by atoms with Crippen LogP contribution in [0, 0.1) is 11.3 Å². The third-order valence-electron chi connectivity index (χ3n) is 1.31. The second-order valence-electron chi connectivity index (χ2n) is 2.70. The van der Waals surface area contributed by atoms with Crippen molar-refractivity contribution in [3.8, 4) is 6.07 Å². The number of esters is 1. The normalized spacial score (nSPS) is 11.8. The van der Waals surface area contributed by atoms with E-state index in [4.69, 9.17) is 14.7 Å². The molecule has 0 spiro atoms. The van der Waals surface area contributed by atoms with Crippen LogP contribution >= 0.6 is 0 Å². The Morgan fingerprint density at radius 2 is 2.31 bits per heavy atom. The van der Waals surface area contributed by atoms with Crippen molar-refractivity contribution in [2.45, 2.75) is 32.8 Å². The number of nitriles is 1. The van der Waals surface area contributed by atoms with Crippen molar-refractivity contribution in [1.82, 2.24) is 0 Å². The summed E-state index contributed by atoms with van der Waals surface area (Å²) in [4.78, 5) is 10.7. The lowest BCUT2D eigenvalue weighted by molar-refractivity contribution is -0.146. The molecular weight excluding hydrogens is 170 g/mol. The summed E-state index contributed by atoms with van der Waals surface area (Å²) in [7, 11) is 0. The molecule has 0 aromatic carbocycles. The Labute approximate surface area is 78.4 Å². The molecule has 0 N–H and O–H groups in total. The van der Waals surface area contributed by atoms with E-state index >= 15 is 0 Å². The molecular formula is C9H15NO3. The summed E-state index contributed by atoms with van der Waals surface area (Å²) in [6.07, 6.45) is 0.652. The van der Waals surface area contributed by atoms with Crippen LogP contribution in [0.25, 0.3) is 0 Å². The van der Waals surface area contributed by atoms with Crippen LogP contribution in [0.4, 0.5) is 0 Å². The van der Waals surface area contributed by atoms with E-state index in [-0.39, 0.29) is 19.1 Å². The van der Waals surface area contributed by atoms with E-state index in [1.165, 1.54) is 0 Å². The molecule has 1 unspecified atom stereocenters. The summed E-state index contributed by atoms with van der Waals surface area (Å²) < 4.78 is 10.0. The van der Waals surface area contributed by atoms with E-state index in [2.05, 4.69) is 0 Å². The Bertz CT molecular complexity index is 186. The topological polar surface area (TPSA) is 59.3 Å². The van der Waals surface area contributed by atoms with Gasteiger partial charge in [-0.15, -0.1) is 0 Å². The molecule has 0 rings (SSSR count). The summed E-state index contributed by atoms with van der Waals surface area (Å²) in [5.74, 6) is -0.491. The molecule has 0 bridgehead atoms. The van der Waals surface area contributed by atoms with Crippen LogP contribution in [0.1, 0.15) is 26.7 Å². The Morgan fingerprint density at radius 3 is 2.85 bits per heavy atom. The maximum Gasteiger partial charge on any atom is 0.320 e. The van der Waals surface area contributed by atoms with Gasteiger partial charge in [0.15, 0.2) is 0 Å². The standard InChI is InChI=1S/C9H15NO3/c1-3-6-12-8(2)7-13-9(11)4-5-10/h8H,3-4,6-7H2,1-2H3. The Balaban J connectivity index is 3.41. The molecule has 0 aliphatic rings. The summed E-state index contributed by atoms with van der Waals surface area (Å²) in [5, 5.41) is 8.16. The molecule has 0 aliphatic carbocycles. The lowest BCUT2D eigenvalue weighted by atomic mass is 10.4. The number of nitrogens with zero attached hydrogens (tertiary/aromatic N) is 1. The van der Waals surface area contributed by atoms with E-state index in [9.17, 15) is 4.79 Å². The maximum atomic E-state index is 10.7. The van der Waals surface area contributed by atoms with Gasteiger partial charge in [0.2, 0.25) is 0 Å². The highest BCUT2D eigenvalue weighted by atomic mass is 16.6. The fourth-order valence-corrected chi connectivity index (χ4v) is 0.693. The van der Waals surface area contributed by atoms with Crippen molar-refractivity contribution in [3.05, 3.63) is 0 Å². The van der Waals surface area contributed by atoms with Crippen LogP contribution in [0.2, 0.25) is 0 Å². The minimum atomic E-state index is -0.491. The molecule has 0 radical (unpaired) electrons. The molecule has 0 fully saturated rings. The Kier molecular flexibility index (Phi) is 6.93. The second kappa shape index (κ2) is 7.56. The summed E-state index contributed by atoms with van der Waals surface area (Å²) in [5.41, 5.74) is 0. The molecule has 0 aromatic heterocycles. The molecule has 0 aromatic rings. The minimum absolute atomic E-state index is 0.0948. The van der Waals surface area contributed by atoms with Crippen LogP contribution in [0.3, 0.4) is 0 Å². The van der Waals surface area contributed by atoms with Gasteiger partial charge in [-0.2, -0.15) is 5.26 Å². The van der Waals surface area contributed by atoms with Crippen LogP contribution in [0.5, 0.6) is 0 Å². The smallest absolute Gasteiger partial charge is 0.320 e. The first kappa shape index (κ1) is 11.9. The maximum absolute atomic E-state index is 10.7. The van der Waals surface area contributed by atoms with Crippen LogP contribution in [0.15, 0.2) is 0 Å². The van der Waals surface area contributed by atoms with E-state index < -0.39 is 5.97 Å². The predicted molar refractivity (Wildman–Crippen MR) is 46.9 cm³/mol. The quantitative estimate of drug-likeness (QED) is 0.584. The molecule has 0 saturated carbocycles. The highest BCUT2D eigenvalue weighted by Gasteiger charge is 2.06. The second-order valence-corrected chi connectivity index (χ2v) is 2.70. The molecule has 74 valence electrons. The molecule has 0 saturated heterocycles. The van der Waals surface area contributed by atoms with Gasteiger partial charge in [-0.05, 0) is 13.3 Å². The minimum Gasteiger partial charge on any atom is -0.462 e. The average Bonchev–Trinajstić information content (AvgIpc) is 2.12. The summed E-state index contributed by atoms with van der Waals surface area (Å²) in [6, 6.07) is 1.72. The zero-order valence-electron chi connectivity index (χ0n) is 8.08. The van der Waals surface area contributed by atoms with Crippen molar-refractivity contribution in [2.24, 2.45) is 0 Å².